The van der Waals surface area contributed by atoms with E-state index in [9.17, 15) is 14.9 Å². The van der Waals surface area contributed by atoms with Gasteiger partial charge in [-0.25, -0.2) is 5.06 Å². The monoisotopic (exact) mass is 248 g/mol. The number of hydroxylamine groups is 2. The quantitative estimate of drug-likeness (QED) is 0.463. The zero-order chi connectivity index (χ0) is 13.1. The lowest BCUT2D eigenvalue weighted by molar-refractivity contribution is -0.385. The van der Waals surface area contributed by atoms with Gasteiger partial charge in [0, 0.05) is 12.3 Å². The lowest BCUT2D eigenvalue weighted by Crippen LogP contribution is -2.28. The largest absolute Gasteiger partial charge is 0.301 e. The highest BCUT2D eigenvalue weighted by atomic mass is 16.7. The van der Waals surface area contributed by atoms with Crippen LogP contribution in [0.25, 0.3) is 6.08 Å². The predicted octanol–water partition coefficient (Wildman–Crippen LogP) is 2.07. The van der Waals surface area contributed by atoms with E-state index in [0.29, 0.717) is 24.0 Å². The van der Waals surface area contributed by atoms with Crippen molar-refractivity contribution in [1.82, 2.24) is 5.06 Å². The van der Waals surface area contributed by atoms with Crippen molar-refractivity contribution in [1.29, 1.82) is 0 Å². The van der Waals surface area contributed by atoms with Gasteiger partial charge in [-0.1, -0.05) is 12.1 Å². The molecule has 1 aliphatic rings. The fourth-order valence-electron chi connectivity index (χ4n) is 1.95. The third-order valence-corrected chi connectivity index (χ3v) is 2.70. The number of carbonyl (C=O) groups excluding carboxylic acids is 1. The van der Waals surface area contributed by atoms with Crippen molar-refractivity contribution in [3.8, 4) is 0 Å². The average molecular weight is 248 g/mol. The van der Waals surface area contributed by atoms with Gasteiger partial charge in [0.25, 0.3) is 5.69 Å². The van der Waals surface area contributed by atoms with Crippen LogP contribution >= 0.6 is 0 Å². The molecule has 0 aliphatic carbocycles. The van der Waals surface area contributed by atoms with E-state index in [2.05, 4.69) is 0 Å². The van der Waals surface area contributed by atoms with Crippen molar-refractivity contribution in [2.45, 2.75) is 13.0 Å². The normalized spacial score (nSPS) is 17.4. The Kier molecular flexibility index (Phi) is 3.38. The van der Waals surface area contributed by atoms with Crippen LogP contribution in [-0.2, 0) is 9.63 Å². The fourth-order valence-corrected chi connectivity index (χ4v) is 1.95. The molecule has 1 aromatic carbocycles. The zero-order valence-electron chi connectivity index (χ0n) is 9.78. The third kappa shape index (κ3) is 1.98. The molecule has 94 valence electrons. The second-order valence-corrected chi connectivity index (χ2v) is 3.71. The Morgan fingerprint density at radius 1 is 1.56 bits per heavy atom. The van der Waals surface area contributed by atoms with E-state index in [4.69, 9.17) is 4.84 Å². The number of fused-ring (bicyclic) bond motifs is 1. The highest BCUT2D eigenvalue weighted by Crippen LogP contribution is 2.34. The minimum atomic E-state index is -0.648. The number of hydrogen-bond acceptors (Lipinski definition) is 5. The minimum Gasteiger partial charge on any atom is -0.301 e. The molecule has 1 aromatic rings. The van der Waals surface area contributed by atoms with Crippen LogP contribution in [-0.4, -0.2) is 22.9 Å². The van der Waals surface area contributed by atoms with E-state index < -0.39 is 11.0 Å². The molecular weight excluding hydrogens is 236 g/mol. The molecule has 0 fully saturated rings. The summed E-state index contributed by atoms with van der Waals surface area (Å²) < 4.78 is 0. The molecular formula is C12H12N2O4. The molecule has 0 radical (unpaired) electrons. The molecule has 1 atom stereocenters. The lowest BCUT2D eigenvalue weighted by Gasteiger charge is -2.29. The summed E-state index contributed by atoms with van der Waals surface area (Å²) in [7, 11) is 0. The molecule has 0 N–H and O–H groups in total. The molecule has 18 heavy (non-hydrogen) atoms. The molecule has 6 nitrogen and oxygen atoms in total. The molecule has 0 amide bonds. The van der Waals surface area contributed by atoms with Gasteiger partial charge in [0.15, 0.2) is 0 Å². The first kappa shape index (κ1) is 12.3. The van der Waals surface area contributed by atoms with E-state index in [-0.39, 0.29) is 5.69 Å². The molecule has 1 aliphatic heterocycles. The van der Waals surface area contributed by atoms with Crippen LogP contribution in [0.2, 0.25) is 0 Å². The van der Waals surface area contributed by atoms with Crippen molar-refractivity contribution in [3.63, 3.8) is 0 Å². The minimum absolute atomic E-state index is 0.00764. The van der Waals surface area contributed by atoms with Crippen molar-refractivity contribution in [2.24, 2.45) is 0 Å². The summed E-state index contributed by atoms with van der Waals surface area (Å²) in [5, 5.41) is 12.3. The summed E-state index contributed by atoms with van der Waals surface area (Å²) in [4.78, 5) is 26.9. The molecule has 0 saturated carbocycles. The summed E-state index contributed by atoms with van der Waals surface area (Å²) in [6.07, 6.45) is 3.84. The number of benzene rings is 1. The van der Waals surface area contributed by atoms with Gasteiger partial charge in [-0.2, -0.15) is 0 Å². The van der Waals surface area contributed by atoms with Crippen LogP contribution in [0.15, 0.2) is 24.4 Å². The molecule has 1 heterocycles. The Balaban J connectivity index is 2.50. The highest BCUT2D eigenvalue weighted by molar-refractivity contribution is 5.74. The van der Waals surface area contributed by atoms with Gasteiger partial charge >= 0.3 is 0 Å². The first-order chi connectivity index (χ1) is 8.69. The second-order valence-electron chi connectivity index (χ2n) is 3.71. The number of aldehydes is 1. The maximum atomic E-state index is 11.2. The SMILES string of the molecule is CCON1C=Cc2c(cccc2[N+](=O)[O-])C1C=O. The van der Waals surface area contributed by atoms with E-state index in [1.807, 2.05) is 0 Å². The smallest absolute Gasteiger partial charge is 0.277 e. The maximum Gasteiger partial charge on any atom is 0.277 e. The number of nitro benzene ring substituents is 1. The summed E-state index contributed by atoms with van der Waals surface area (Å²) in [5.74, 6) is 0. The van der Waals surface area contributed by atoms with Crippen molar-refractivity contribution in [3.05, 3.63) is 45.6 Å². The Labute approximate surface area is 104 Å². The Hall–Kier alpha value is -2.21. The van der Waals surface area contributed by atoms with Crippen LogP contribution in [0.1, 0.15) is 24.1 Å². The number of hydrogen-bond donors (Lipinski definition) is 0. The summed E-state index contributed by atoms with van der Waals surface area (Å²) in [6, 6.07) is 4.03. The van der Waals surface area contributed by atoms with Crippen LogP contribution < -0.4 is 0 Å². The van der Waals surface area contributed by atoms with Gasteiger partial charge in [-0.3, -0.25) is 15.0 Å². The lowest BCUT2D eigenvalue weighted by atomic mass is 9.97. The fraction of sp³-hybridized carbons (Fsp3) is 0.250. The predicted molar refractivity (Wildman–Crippen MR) is 64.4 cm³/mol. The van der Waals surface area contributed by atoms with Crippen LogP contribution in [0.3, 0.4) is 0 Å². The van der Waals surface area contributed by atoms with Crippen molar-refractivity contribution in [2.75, 3.05) is 6.61 Å². The third-order valence-electron chi connectivity index (χ3n) is 2.70. The van der Waals surface area contributed by atoms with E-state index in [1.165, 1.54) is 17.3 Å². The van der Waals surface area contributed by atoms with Gasteiger partial charge in [-0.15, -0.1) is 0 Å². The van der Waals surface area contributed by atoms with Gasteiger partial charge in [0.05, 0.1) is 17.1 Å². The second kappa shape index (κ2) is 4.97. The van der Waals surface area contributed by atoms with E-state index in [0.717, 1.165) is 0 Å². The van der Waals surface area contributed by atoms with Crippen LogP contribution in [0.4, 0.5) is 5.69 Å². The Morgan fingerprint density at radius 3 is 2.94 bits per heavy atom. The number of nitro groups is 1. The van der Waals surface area contributed by atoms with Crippen LogP contribution in [0.5, 0.6) is 0 Å². The average Bonchev–Trinajstić information content (AvgIpc) is 2.37. The molecule has 2 rings (SSSR count). The van der Waals surface area contributed by atoms with Gasteiger partial charge in [-0.05, 0) is 18.6 Å². The standard InChI is InChI=1S/C12H12N2O4/c1-2-18-13-7-6-10-9(12(13)8-15)4-3-5-11(10)14(16)17/h3-8,12H,2H2,1H3. The van der Waals surface area contributed by atoms with Gasteiger partial charge < -0.3 is 4.79 Å². The topological polar surface area (TPSA) is 72.7 Å². The molecule has 0 saturated heterocycles. The maximum absolute atomic E-state index is 11.2. The van der Waals surface area contributed by atoms with E-state index >= 15 is 0 Å². The highest BCUT2D eigenvalue weighted by Gasteiger charge is 2.28. The molecule has 0 aromatic heterocycles. The van der Waals surface area contributed by atoms with Crippen molar-refractivity contribution < 1.29 is 14.6 Å². The van der Waals surface area contributed by atoms with Gasteiger partial charge in [0.2, 0.25) is 0 Å². The zero-order valence-corrected chi connectivity index (χ0v) is 9.78. The van der Waals surface area contributed by atoms with Gasteiger partial charge in [0.1, 0.15) is 12.3 Å². The number of rotatable bonds is 4. The molecule has 1 unspecified atom stereocenters. The first-order valence-electron chi connectivity index (χ1n) is 5.51. The summed E-state index contributed by atoms with van der Waals surface area (Å²) in [6.45, 7) is 2.22. The summed E-state index contributed by atoms with van der Waals surface area (Å²) >= 11 is 0. The molecule has 6 heteroatoms. The van der Waals surface area contributed by atoms with Crippen molar-refractivity contribution >= 4 is 18.0 Å². The first-order valence-corrected chi connectivity index (χ1v) is 5.51. The number of nitrogens with zero attached hydrogens (tertiary/aromatic N) is 2. The molecule has 0 bridgehead atoms. The Bertz CT molecular complexity index is 513. The molecule has 0 spiro atoms. The number of carbonyl (C=O) groups is 1. The Morgan fingerprint density at radius 2 is 2.33 bits per heavy atom. The van der Waals surface area contributed by atoms with E-state index in [1.54, 1.807) is 25.1 Å². The van der Waals surface area contributed by atoms with Crippen LogP contribution in [0, 0.1) is 10.1 Å². The summed E-state index contributed by atoms with van der Waals surface area (Å²) in [5.41, 5.74) is 1.03.